The molecule has 28 heavy (non-hydrogen) atoms. The van der Waals surface area contributed by atoms with Crippen molar-refractivity contribution >= 4 is 7.52 Å². The van der Waals surface area contributed by atoms with Gasteiger partial charge in [0.25, 0.3) is 0 Å². The third-order valence-corrected chi connectivity index (χ3v) is 4.92. The van der Waals surface area contributed by atoms with E-state index >= 15 is 0 Å². The zero-order valence-corrected chi connectivity index (χ0v) is 17.1. The van der Waals surface area contributed by atoms with Crippen LogP contribution in [0, 0.1) is 4.91 Å². The van der Waals surface area contributed by atoms with E-state index in [9.17, 15) is 19.5 Å². The second kappa shape index (κ2) is 9.08. The molecule has 0 aliphatic carbocycles. The number of benzene rings is 2. The van der Waals surface area contributed by atoms with Crippen LogP contribution in [0.4, 0.5) is 0 Å². The van der Waals surface area contributed by atoms with Crippen molar-refractivity contribution in [3.8, 4) is 23.0 Å². The van der Waals surface area contributed by atoms with Crippen molar-refractivity contribution < 1.29 is 28.8 Å². The minimum Gasteiger partial charge on any atom is -0.508 e. The van der Waals surface area contributed by atoms with Gasteiger partial charge < -0.3 is 24.2 Å². The van der Waals surface area contributed by atoms with E-state index in [1.807, 2.05) is 26.0 Å². The summed E-state index contributed by atoms with van der Waals surface area (Å²) >= 11 is 0. The molecule has 0 aliphatic heterocycles. The molecule has 1 unspecified atom stereocenters. The number of phenolic OH excluding ortho intramolecular Hbond substituents is 1. The van der Waals surface area contributed by atoms with Gasteiger partial charge in [-0.3, -0.25) is 4.57 Å². The number of phenols is 1. The largest absolute Gasteiger partial charge is 0.508 e. The Hall–Kier alpha value is -2.57. The van der Waals surface area contributed by atoms with Crippen LogP contribution in [-0.4, -0.2) is 30.6 Å². The van der Waals surface area contributed by atoms with Gasteiger partial charge in [0.1, 0.15) is 23.0 Å². The molecular weight excluding hydrogens is 385 g/mol. The van der Waals surface area contributed by atoms with E-state index in [1.54, 1.807) is 18.2 Å². The summed E-state index contributed by atoms with van der Waals surface area (Å²) in [6.07, 6.45) is -0.265. The maximum Gasteiger partial charge on any atom is 0.385 e. The Morgan fingerprint density at radius 3 is 2.21 bits per heavy atom. The smallest absolute Gasteiger partial charge is 0.385 e. The Morgan fingerprint density at radius 2 is 1.71 bits per heavy atom. The Bertz CT molecular complexity index is 873. The zero-order chi connectivity index (χ0) is 20.9. The van der Waals surface area contributed by atoms with Gasteiger partial charge in [-0.15, -0.1) is 4.91 Å². The Morgan fingerprint density at radius 1 is 1.11 bits per heavy atom. The van der Waals surface area contributed by atoms with Crippen LogP contribution in [0.5, 0.6) is 23.0 Å². The highest BCUT2D eigenvalue weighted by Crippen LogP contribution is 2.43. The number of methoxy groups -OCH3 is 2. The summed E-state index contributed by atoms with van der Waals surface area (Å²) in [7, 11) is -1.25. The molecule has 0 amide bonds. The predicted octanol–water partition coefficient (Wildman–Crippen LogP) is 4.41. The molecular formula is C19H24NO7P. The summed E-state index contributed by atoms with van der Waals surface area (Å²) < 4.78 is 27.4. The first kappa shape index (κ1) is 21.7. The van der Waals surface area contributed by atoms with Gasteiger partial charge in [0.05, 0.1) is 14.2 Å². The highest BCUT2D eigenvalue weighted by Gasteiger charge is 2.21. The zero-order valence-electron chi connectivity index (χ0n) is 16.2. The lowest BCUT2D eigenvalue weighted by Crippen LogP contribution is -2.02. The summed E-state index contributed by atoms with van der Waals surface area (Å²) in [4.78, 5) is 21.8. The molecule has 0 saturated heterocycles. The second-order valence-corrected chi connectivity index (χ2v) is 8.30. The fourth-order valence-electron chi connectivity index (χ4n) is 2.78. The highest BCUT2D eigenvalue weighted by atomic mass is 31.2. The molecule has 2 aromatic rings. The van der Waals surface area contributed by atoms with Gasteiger partial charge in [0.2, 0.25) is 0 Å². The molecule has 152 valence electrons. The maximum absolute atomic E-state index is 11.4. The van der Waals surface area contributed by atoms with Gasteiger partial charge in [-0.05, 0) is 23.1 Å². The lowest BCUT2D eigenvalue weighted by atomic mass is 9.96. The Kier molecular flexibility index (Phi) is 7.05. The van der Waals surface area contributed by atoms with Crippen LogP contribution < -0.4 is 14.2 Å². The lowest BCUT2D eigenvalue weighted by Gasteiger charge is -2.17. The normalized spacial score (nSPS) is 13.1. The molecule has 8 nitrogen and oxygen atoms in total. The summed E-state index contributed by atoms with van der Waals surface area (Å²) in [5.74, 6) is 1.54. The fourth-order valence-corrected chi connectivity index (χ4v) is 3.14. The molecule has 2 N–H and O–H groups in total. The summed E-state index contributed by atoms with van der Waals surface area (Å²) in [6.45, 7) is 4.00. The molecule has 0 aliphatic rings. The molecule has 2 aromatic carbocycles. The standard InChI is InChI=1S/C19H24NO7P/c1-12(2)15-7-13(5-6-17(15)21)8-16-18(25-3)9-14(10-19(16)26-4)27-11-28(23,24)20-22/h5-7,9-10,12,21H,8,11H2,1-4H3,(H,23,24). The molecule has 0 radical (unpaired) electrons. The molecule has 9 heteroatoms. The van der Waals surface area contributed by atoms with E-state index in [1.165, 1.54) is 14.2 Å². The van der Waals surface area contributed by atoms with Crippen LogP contribution in [0.3, 0.4) is 0 Å². The van der Waals surface area contributed by atoms with E-state index < -0.39 is 13.9 Å². The molecule has 0 fully saturated rings. The van der Waals surface area contributed by atoms with E-state index in [0.717, 1.165) is 16.7 Å². The molecule has 1 atom stereocenters. The van der Waals surface area contributed by atoms with Gasteiger partial charge in [-0.1, -0.05) is 26.0 Å². The SMILES string of the molecule is COc1cc(OCP(=O)(O)N=O)cc(OC)c1Cc1ccc(O)c(C(C)C)c1. The van der Waals surface area contributed by atoms with E-state index in [4.69, 9.17) is 14.2 Å². The molecule has 2 rings (SSSR count). The summed E-state index contributed by atoms with van der Waals surface area (Å²) in [5, 5.41) is 10.0. The van der Waals surface area contributed by atoms with Crippen LogP contribution in [0.1, 0.15) is 36.5 Å². The number of aromatic hydroxyl groups is 1. The van der Waals surface area contributed by atoms with Crippen LogP contribution in [0.2, 0.25) is 0 Å². The lowest BCUT2D eigenvalue weighted by molar-refractivity contribution is 0.339. The third kappa shape index (κ3) is 5.24. The van der Waals surface area contributed by atoms with Crippen LogP contribution >= 0.6 is 7.52 Å². The predicted molar refractivity (Wildman–Crippen MR) is 106 cm³/mol. The average Bonchev–Trinajstić information content (AvgIpc) is 2.68. The van der Waals surface area contributed by atoms with Gasteiger partial charge in [-0.2, -0.15) is 0 Å². The molecule has 0 spiro atoms. The van der Waals surface area contributed by atoms with Crippen LogP contribution in [0.25, 0.3) is 0 Å². The highest BCUT2D eigenvalue weighted by molar-refractivity contribution is 7.56. The third-order valence-electron chi connectivity index (χ3n) is 4.20. The van der Waals surface area contributed by atoms with Crippen molar-refractivity contribution in [2.75, 3.05) is 20.6 Å². The number of rotatable bonds is 9. The number of ether oxygens (including phenoxy) is 3. The minimum atomic E-state index is -4.23. The minimum absolute atomic E-state index is 0.167. The second-order valence-electron chi connectivity index (χ2n) is 6.55. The first-order valence-corrected chi connectivity index (χ1v) is 10.4. The molecule has 0 heterocycles. The van der Waals surface area contributed by atoms with Crippen molar-refractivity contribution in [2.24, 2.45) is 4.95 Å². The number of nitroso groups, excluding NO2 is 1. The summed E-state index contributed by atoms with van der Waals surface area (Å²) in [6, 6.07) is 8.51. The molecule has 0 bridgehead atoms. The van der Waals surface area contributed by atoms with E-state index in [0.29, 0.717) is 17.9 Å². The van der Waals surface area contributed by atoms with E-state index in [2.05, 4.69) is 4.95 Å². The van der Waals surface area contributed by atoms with Gasteiger partial charge >= 0.3 is 7.52 Å². The van der Waals surface area contributed by atoms with Crippen molar-refractivity contribution in [3.63, 3.8) is 0 Å². The summed E-state index contributed by atoms with van der Waals surface area (Å²) in [5.41, 5.74) is 2.55. The van der Waals surface area contributed by atoms with Crippen molar-refractivity contribution in [1.29, 1.82) is 0 Å². The fraction of sp³-hybridized carbons (Fsp3) is 0.368. The number of nitrogens with zero attached hydrogens (tertiary/aromatic N) is 1. The molecule has 0 saturated carbocycles. The van der Waals surface area contributed by atoms with E-state index in [-0.39, 0.29) is 17.4 Å². The van der Waals surface area contributed by atoms with Crippen molar-refractivity contribution in [3.05, 3.63) is 51.9 Å². The monoisotopic (exact) mass is 409 g/mol. The number of hydrogen-bond acceptors (Lipinski definition) is 6. The first-order valence-electron chi connectivity index (χ1n) is 8.57. The van der Waals surface area contributed by atoms with Crippen molar-refractivity contribution in [2.45, 2.75) is 26.2 Å². The Labute approximate surface area is 163 Å². The van der Waals surface area contributed by atoms with Crippen molar-refractivity contribution in [1.82, 2.24) is 0 Å². The van der Waals surface area contributed by atoms with Gasteiger partial charge in [0.15, 0.2) is 6.35 Å². The average molecular weight is 409 g/mol. The first-order chi connectivity index (χ1) is 13.2. The molecule has 0 aromatic heterocycles. The van der Waals surface area contributed by atoms with Crippen LogP contribution in [-0.2, 0) is 11.0 Å². The quantitative estimate of drug-likeness (QED) is 0.466. The maximum atomic E-state index is 11.4. The Balaban J connectivity index is 2.37. The van der Waals surface area contributed by atoms with Gasteiger partial charge in [-0.25, -0.2) is 0 Å². The topological polar surface area (TPSA) is 115 Å². The van der Waals surface area contributed by atoms with Gasteiger partial charge in [0, 0.05) is 29.1 Å². The van der Waals surface area contributed by atoms with Crippen LogP contribution in [0.15, 0.2) is 35.3 Å². The number of hydrogen-bond donors (Lipinski definition) is 2.